The zero-order valence-corrected chi connectivity index (χ0v) is 18.6. The van der Waals surface area contributed by atoms with Crippen molar-refractivity contribution >= 4 is 33.9 Å². The average molecular weight is 449 g/mol. The molecule has 1 aliphatic rings. The van der Waals surface area contributed by atoms with Gasteiger partial charge in [0, 0.05) is 11.4 Å². The second-order valence-corrected chi connectivity index (χ2v) is 8.83. The van der Waals surface area contributed by atoms with Gasteiger partial charge < -0.3 is 9.84 Å². The summed E-state index contributed by atoms with van der Waals surface area (Å²) in [4.78, 5) is 20.4. The number of rotatable bonds is 6. The SMILES string of the molecule is CCOC(=O)C1CCN(C(c2ccc(Cl)cc2)c2sc3nc(CC)nn3c2O)CC1. The lowest BCUT2D eigenvalue weighted by atomic mass is 9.93. The van der Waals surface area contributed by atoms with E-state index in [4.69, 9.17) is 16.3 Å². The molecule has 160 valence electrons. The molecular weight excluding hydrogens is 424 g/mol. The minimum absolute atomic E-state index is 0.0740. The number of benzene rings is 1. The standard InChI is InChI=1S/C21H25ClN4O3S/c1-3-16-23-21-26(24-16)19(27)18(30-21)17(13-5-7-15(22)8-6-13)25-11-9-14(10-12-25)20(28)29-4-2/h5-8,14,17,27H,3-4,9-12H2,1-2H3. The molecule has 1 aliphatic heterocycles. The molecule has 0 saturated carbocycles. The van der Waals surface area contributed by atoms with Crippen LogP contribution in [0.1, 0.15) is 49.0 Å². The first-order chi connectivity index (χ1) is 14.5. The fourth-order valence-electron chi connectivity index (χ4n) is 3.95. The van der Waals surface area contributed by atoms with Crippen molar-refractivity contribution in [1.29, 1.82) is 0 Å². The van der Waals surface area contributed by atoms with Crippen LogP contribution in [0.2, 0.25) is 5.02 Å². The molecule has 0 radical (unpaired) electrons. The van der Waals surface area contributed by atoms with Crippen LogP contribution in [0.5, 0.6) is 5.88 Å². The molecular formula is C21H25ClN4O3S. The highest BCUT2D eigenvalue weighted by Gasteiger charge is 2.34. The van der Waals surface area contributed by atoms with Crippen LogP contribution >= 0.6 is 22.9 Å². The van der Waals surface area contributed by atoms with Crippen LogP contribution in [0.4, 0.5) is 0 Å². The summed E-state index contributed by atoms with van der Waals surface area (Å²) in [6.45, 7) is 5.68. The van der Waals surface area contributed by atoms with Crippen molar-refractivity contribution in [3.63, 3.8) is 0 Å². The highest BCUT2D eigenvalue weighted by molar-refractivity contribution is 7.17. The molecule has 0 bridgehead atoms. The lowest BCUT2D eigenvalue weighted by molar-refractivity contribution is -0.149. The molecule has 3 aromatic rings. The Labute approximate surface area is 184 Å². The fraction of sp³-hybridized carbons (Fsp3) is 0.476. The van der Waals surface area contributed by atoms with E-state index in [0.717, 1.165) is 36.4 Å². The van der Waals surface area contributed by atoms with Gasteiger partial charge >= 0.3 is 5.97 Å². The summed E-state index contributed by atoms with van der Waals surface area (Å²) in [5, 5.41) is 16.0. The monoisotopic (exact) mass is 448 g/mol. The highest BCUT2D eigenvalue weighted by Crippen LogP contribution is 2.41. The molecule has 9 heteroatoms. The van der Waals surface area contributed by atoms with Gasteiger partial charge in [0.05, 0.1) is 23.4 Å². The van der Waals surface area contributed by atoms with Gasteiger partial charge in [-0.3, -0.25) is 9.69 Å². The Morgan fingerprint density at radius 1 is 1.30 bits per heavy atom. The van der Waals surface area contributed by atoms with Crippen molar-refractivity contribution < 1.29 is 14.6 Å². The van der Waals surface area contributed by atoms with Crippen molar-refractivity contribution in [2.75, 3.05) is 19.7 Å². The zero-order valence-electron chi connectivity index (χ0n) is 17.0. The van der Waals surface area contributed by atoms with Crippen LogP contribution in [0.15, 0.2) is 24.3 Å². The number of aromatic hydroxyl groups is 1. The molecule has 1 fully saturated rings. The molecule has 2 aromatic heterocycles. The molecule has 1 aromatic carbocycles. The maximum atomic E-state index is 12.1. The van der Waals surface area contributed by atoms with Crippen molar-refractivity contribution in [2.45, 2.75) is 39.2 Å². The normalized spacial score (nSPS) is 16.8. The quantitative estimate of drug-likeness (QED) is 0.572. The summed E-state index contributed by atoms with van der Waals surface area (Å²) in [5.74, 6) is 0.639. The highest BCUT2D eigenvalue weighted by atomic mass is 35.5. The smallest absolute Gasteiger partial charge is 0.309 e. The summed E-state index contributed by atoms with van der Waals surface area (Å²) in [7, 11) is 0. The minimum atomic E-state index is -0.163. The van der Waals surface area contributed by atoms with Gasteiger partial charge in [-0.25, -0.2) is 4.98 Å². The van der Waals surface area contributed by atoms with Gasteiger partial charge in [-0.15, -0.1) is 5.10 Å². The first-order valence-corrected chi connectivity index (χ1v) is 11.4. The number of aryl methyl sites for hydroxylation is 1. The molecule has 0 spiro atoms. The Morgan fingerprint density at radius 3 is 2.60 bits per heavy atom. The Balaban J connectivity index is 1.66. The number of piperidine rings is 1. The first-order valence-electron chi connectivity index (χ1n) is 10.2. The van der Waals surface area contributed by atoms with E-state index in [1.807, 2.05) is 38.1 Å². The summed E-state index contributed by atoms with van der Waals surface area (Å²) in [5.41, 5.74) is 1.03. The van der Waals surface area contributed by atoms with Crippen LogP contribution < -0.4 is 0 Å². The number of nitrogens with zero attached hydrogens (tertiary/aromatic N) is 4. The van der Waals surface area contributed by atoms with E-state index in [1.165, 1.54) is 15.9 Å². The van der Waals surface area contributed by atoms with Crippen molar-refractivity contribution in [1.82, 2.24) is 19.5 Å². The predicted molar refractivity (Wildman–Crippen MR) is 116 cm³/mol. The number of halogens is 1. The maximum Gasteiger partial charge on any atom is 0.309 e. The van der Waals surface area contributed by atoms with Crippen LogP contribution in [-0.4, -0.2) is 50.3 Å². The van der Waals surface area contributed by atoms with Gasteiger partial charge in [-0.2, -0.15) is 4.52 Å². The summed E-state index contributed by atoms with van der Waals surface area (Å²) in [6, 6.07) is 7.52. The number of likely N-dealkylation sites (tertiary alicyclic amines) is 1. The number of esters is 1. The minimum Gasteiger partial charge on any atom is -0.492 e. The van der Waals surface area contributed by atoms with Crippen molar-refractivity contribution in [3.05, 3.63) is 45.6 Å². The zero-order chi connectivity index (χ0) is 21.3. The molecule has 30 heavy (non-hydrogen) atoms. The van der Waals surface area contributed by atoms with Gasteiger partial charge in [-0.05, 0) is 50.6 Å². The van der Waals surface area contributed by atoms with Gasteiger partial charge in [0.15, 0.2) is 5.82 Å². The first kappa shape index (κ1) is 21.1. The third-order valence-corrected chi connectivity index (χ3v) is 6.83. The largest absolute Gasteiger partial charge is 0.492 e. The third kappa shape index (κ3) is 4.04. The number of fused-ring (bicyclic) bond motifs is 1. The molecule has 3 heterocycles. The van der Waals surface area contributed by atoms with Crippen LogP contribution in [0, 0.1) is 5.92 Å². The van der Waals surface area contributed by atoms with E-state index in [0.29, 0.717) is 28.8 Å². The van der Waals surface area contributed by atoms with Crippen LogP contribution in [-0.2, 0) is 16.0 Å². The van der Waals surface area contributed by atoms with E-state index < -0.39 is 0 Å². The van der Waals surface area contributed by atoms with Gasteiger partial charge in [-0.1, -0.05) is 42.0 Å². The molecule has 1 N–H and O–H groups in total. The van der Waals surface area contributed by atoms with E-state index in [2.05, 4.69) is 15.0 Å². The predicted octanol–water partition coefficient (Wildman–Crippen LogP) is 4.08. The molecule has 0 amide bonds. The molecule has 1 unspecified atom stereocenters. The van der Waals surface area contributed by atoms with Gasteiger partial charge in [0.2, 0.25) is 10.8 Å². The summed E-state index contributed by atoms with van der Waals surface area (Å²) >= 11 is 7.56. The second-order valence-electron chi connectivity index (χ2n) is 7.38. The van der Waals surface area contributed by atoms with Crippen molar-refractivity contribution in [3.8, 4) is 5.88 Å². The van der Waals surface area contributed by atoms with Crippen LogP contribution in [0.3, 0.4) is 0 Å². The van der Waals surface area contributed by atoms with E-state index in [-0.39, 0.29) is 23.8 Å². The third-order valence-electron chi connectivity index (χ3n) is 5.51. The Kier molecular flexibility index (Phi) is 6.26. The maximum absolute atomic E-state index is 12.1. The summed E-state index contributed by atoms with van der Waals surface area (Å²) in [6.07, 6.45) is 2.17. The molecule has 0 aliphatic carbocycles. The van der Waals surface area contributed by atoms with Crippen molar-refractivity contribution in [2.24, 2.45) is 5.92 Å². The lowest BCUT2D eigenvalue weighted by Gasteiger charge is -2.36. The van der Waals surface area contributed by atoms with Gasteiger partial charge in [0.1, 0.15) is 0 Å². The van der Waals surface area contributed by atoms with Crippen LogP contribution in [0.25, 0.3) is 4.96 Å². The topological polar surface area (TPSA) is 80.0 Å². The number of carbonyl (C=O) groups excluding carboxylic acids is 1. The number of ether oxygens (including phenoxy) is 1. The lowest BCUT2D eigenvalue weighted by Crippen LogP contribution is -2.39. The molecule has 7 nitrogen and oxygen atoms in total. The number of thiazole rings is 1. The number of hydrogen-bond donors (Lipinski definition) is 1. The van der Waals surface area contributed by atoms with Gasteiger partial charge in [0.25, 0.3) is 0 Å². The Hall–Kier alpha value is -2.16. The average Bonchev–Trinajstić information content (AvgIpc) is 3.29. The number of hydrogen-bond acceptors (Lipinski definition) is 7. The summed E-state index contributed by atoms with van der Waals surface area (Å²) < 4.78 is 6.72. The second kappa shape index (κ2) is 8.91. The fourth-order valence-corrected chi connectivity index (χ4v) is 5.21. The molecule has 1 atom stereocenters. The Morgan fingerprint density at radius 2 is 2.00 bits per heavy atom. The molecule has 1 saturated heterocycles. The van der Waals surface area contributed by atoms with E-state index in [1.54, 1.807) is 0 Å². The number of aromatic nitrogens is 3. The van der Waals surface area contributed by atoms with E-state index in [9.17, 15) is 9.90 Å². The van der Waals surface area contributed by atoms with E-state index >= 15 is 0 Å². The Bertz CT molecular complexity index is 1020. The molecule has 4 rings (SSSR count). The number of carbonyl (C=O) groups is 1.